The van der Waals surface area contributed by atoms with Crippen LogP contribution in [0.2, 0.25) is 0 Å². The van der Waals surface area contributed by atoms with Crippen LogP contribution in [-0.4, -0.2) is 37.2 Å². The molecule has 6 heteroatoms. The van der Waals surface area contributed by atoms with E-state index in [1.54, 1.807) is 6.08 Å². The zero-order chi connectivity index (χ0) is 52.2. The number of hydrogen-bond acceptors (Lipinski definition) is 6. The van der Waals surface area contributed by atoms with E-state index < -0.39 is 12.1 Å². The minimum absolute atomic E-state index is 0.113. The normalized spacial score (nSPS) is 12.8. The highest BCUT2D eigenvalue weighted by atomic mass is 16.6. The molecule has 0 aliphatic heterocycles. The van der Waals surface area contributed by atoms with Crippen LogP contribution in [0.25, 0.3) is 0 Å². The van der Waals surface area contributed by atoms with E-state index in [-0.39, 0.29) is 31.6 Å². The summed E-state index contributed by atoms with van der Waals surface area (Å²) < 4.78 is 16.8. The lowest BCUT2D eigenvalue weighted by atomic mass is 10.0. The van der Waals surface area contributed by atoms with Gasteiger partial charge in [0.2, 0.25) is 0 Å². The second-order valence-electron chi connectivity index (χ2n) is 19.9. The molecule has 1 unspecified atom stereocenters. The Morgan fingerprint density at radius 2 is 0.597 bits per heavy atom. The van der Waals surface area contributed by atoms with Crippen molar-refractivity contribution in [3.05, 3.63) is 97.2 Å². The zero-order valence-corrected chi connectivity index (χ0v) is 47.2. The van der Waals surface area contributed by atoms with E-state index in [1.807, 2.05) is 6.08 Å². The van der Waals surface area contributed by atoms with Crippen molar-refractivity contribution in [3.8, 4) is 0 Å². The number of ether oxygens (including phenoxy) is 3. The molecule has 6 nitrogen and oxygen atoms in total. The third-order valence-electron chi connectivity index (χ3n) is 12.9. The van der Waals surface area contributed by atoms with Crippen molar-refractivity contribution in [3.63, 3.8) is 0 Å². The molecule has 0 aliphatic carbocycles. The molecule has 0 fully saturated rings. The van der Waals surface area contributed by atoms with E-state index in [2.05, 4.69) is 106 Å². The van der Waals surface area contributed by atoms with Crippen LogP contribution in [0.3, 0.4) is 0 Å². The van der Waals surface area contributed by atoms with Crippen molar-refractivity contribution >= 4 is 17.9 Å². The Bertz CT molecular complexity index is 1430. The van der Waals surface area contributed by atoms with Gasteiger partial charge in [-0.15, -0.1) is 0 Å². The van der Waals surface area contributed by atoms with Crippen LogP contribution in [0.1, 0.15) is 284 Å². The monoisotopic (exact) mass is 1000 g/mol. The summed E-state index contributed by atoms with van der Waals surface area (Å²) in [7, 11) is 0. The minimum Gasteiger partial charge on any atom is -0.462 e. The quantitative estimate of drug-likeness (QED) is 0.0261. The van der Waals surface area contributed by atoms with Crippen LogP contribution in [0, 0.1) is 0 Å². The molecule has 0 amide bonds. The topological polar surface area (TPSA) is 78.9 Å². The Balaban J connectivity index is 4.47. The smallest absolute Gasteiger partial charge is 0.309 e. The molecule has 0 aliphatic rings. The van der Waals surface area contributed by atoms with E-state index in [4.69, 9.17) is 14.2 Å². The van der Waals surface area contributed by atoms with Crippen molar-refractivity contribution in [2.24, 2.45) is 0 Å². The van der Waals surface area contributed by atoms with Gasteiger partial charge in [0.25, 0.3) is 0 Å². The molecule has 0 saturated heterocycles. The molecular weight excluding hydrogens is 889 g/mol. The third-order valence-corrected chi connectivity index (χ3v) is 12.9. The highest BCUT2D eigenvalue weighted by molar-refractivity contribution is 5.72. The van der Waals surface area contributed by atoms with Crippen LogP contribution in [-0.2, 0) is 28.6 Å². The zero-order valence-electron chi connectivity index (χ0n) is 47.2. The highest BCUT2D eigenvalue weighted by Gasteiger charge is 2.19. The van der Waals surface area contributed by atoms with Gasteiger partial charge < -0.3 is 14.2 Å². The van der Waals surface area contributed by atoms with Gasteiger partial charge in [-0.2, -0.15) is 0 Å². The van der Waals surface area contributed by atoms with Gasteiger partial charge in [-0.3, -0.25) is 14.4 Å². The van der Waals surface area contributed by atoms with E-state index in [0.29, 0.717) is 12.8 Å². The molecule has 0 aromatic heterocycles. The van der Waals surface area contributed by atoms with Gasteiger partial charge in [0.05, 0.1) is 6.42 Å². The molecular formula is C66H112O6. The number of allylic oxidation sites excluding steroid dienone is 15. The Morgan fingerprint density at radius 1 is 0.306 bits per heavy atom. The average molecular weight is 1000 g/mol. The number of unbranched alkanes of at least 4 members (excludes halogenated alkanes) is 28. The maximum atomic E-state index is 12.9. The fraction of sp³-hybridized carbons (Fsp3) is 0.712. The van der Waals surface area contributed by atoms with E-state index in [9.17, 15) is 14.4 Å². The Hall–Kier alpha value is -3.67. The van der Waals surface area contributed by atoms with Crippen molar-refractivity contribution in [2.75, 3.05) is 13.2 Å². The van der Waals surface area contributed by atoms with E-state index >= 15 is 0 Å². The molecule has 0 saturated carbocycles. The van der Waals surface area contributed by atoms with Crippen LogP contribution >= 0.6 is 0 Å². The van der Waals surface area contributed by atoms with Crippen LogP contribution < -0.4 is 0 Å². The van der Waals surface area contributed by atoms with E-state index in [0.717, 1.165) is 96.3 Å². The molecule has 0 spiro atoms. The van der Waals surface area contributed by atoms with Gasteiger partial charge in [-0.25, -0.2) is 0 Å². The highest BCUT2D eigenvalue weighted by Crippen LogP contribution is 2.16. The molecule has 1 atom stereocenters. The van der Waals surface area contributed by atoms with Crippen molar-refractivity contribution in [1.29, 1.82) is 0 Å². The minimum atomic E-state index is -0.823. The van der Waals surface area contributed by atoms with Crippen molar-refractivity contribution in [2.45, 2.75) is 290 Å². The molecule has 0 radical (unpaired) electrons. The molecule has 0 rings (SSSR count). The van der Waals surface area contributed by atoms with Crippen LogP contribution in [0.5, 0.6) is 0 Å². The predicted molar refractivity (Wildman–Crippen MR) is 311 cm³/mol. The van der Waals surface area contributed by atoms with Gasteiger partial charge >= 0.3 is 17.9 Å². The first kappa shape index (κ1) is 68.3. The Kier molecular flexibility index (Phi) is 56.8. The van der Waals surface area contributed by atoms with Crippen molar-refractivity contribution < 1.29 is 28.6 Å². The summed E-state index contributed by atoms with van der Waals surface area (Å²) in [6.45, 7) is 6.44. The molecule has 0 aromatic rings. The summed E-state index contributed by atoms with van der Waals surface area (Å²) >= 11 is 0. The fourth-order valence-corrected chi connectivity index (χ4v) is 8.35. The van der Waals surface area contributed by atoms with Gasteiger partial charge in [-0.05, 0) is 83.5 Å². The second-order valence-corrected chi connectivity index (χ2v) is 19.9. The number of carbonyl (C=O) groups excluding carboxylic acids is 3. The Morgan fingerprint density at radius 3 is 0.972 bits per heavy atom. The largest absolute Gasteiger partial charge is 0.462 e. The number of rotatable bonds is 54. The summed E-state index contributed by atoms with van der Waals surface area (Å²) in [5, 5.41) is 0. The molecule has 0 heterocycles. The molecule has 72 heavy (non-hydrogen) atoms. The SMILES string of the molecule is CC/C=C\C/C=C\C/C=C\C/C=C\C/C=C\CC(=O)OCC(COC(=O)CCCCCCCC/C=C\C/C=C\C/C=C\CCCCCCC)OC(=O)CCCCCCCCCCCCCCCCCCCC. The maximum Gasteiger partial charge on any atom is 0.309 e. The summed E-state index contributed by atoms with van der Waals surface area (Å²) in [5.74, 6) is -1.05. The third kappa shape index (κ3) is 57.2. The summed E-state index contributed by atoms with van der Waals surface area (Å²) in [6.07, 6.45) is 80.0. The first-order valence-electron chi connectivity index (χ1n) is 30.2. The lowest BCUT2D eigenvalue weighted by Crippen LogP contribution is -2.30. The summed E-state index contributed by atoms with van der Waals surface area (Å²) in [6, 6.07) is 0. The van der Waals surface area contributed by atoms with Gasteiger partial charge in [0, 0.05) is 12.8 Å². The molecule has 0 bridgehead atoms. The first-order chi connectivity index (χ1) is 35.5. The molecule has 0 N–H and O–H groups in total. The standard InChI is InChI=1S/C66H112O6/c1-4-7-10-13-16-19-22-25-28-30-32-33-34-36-38-41-44-47-50-53-56-59-65(68)71-62-63(61-70-64(67)58-55-52-49-46-43-40-37-27-24-21-18-15-12-9-6-3)72-66(69)60-57-54-51-48-45-42-39-35-31-29-26-23-20-17-14-11-8-5-2/h9,12,18,21-22,25,27,30,32,34,36-37,43,46,52,55,63H,4-8,10-11,13-17,19-20,23-24,26,28-29,31,33,35,38-42,44-45,47-51,53-54,56-62H2,1-3H3/b12-9-,21-18-,25-22-,32-30-,36-34-,37-27-,46-43-,55-52-. The lowest BCUT2D eigenvalue weighted by Gasteiger charge is -2.18. The Labute approximate surface area is 445 Å². The lowest BCUT2D eigenvalue weighted by molar-refractivity contribution is -0.166. The summed E-state index contributed by atoms with van der Waals surface area (Å²) in [5.41, 5.74) is 0. The molecule has 412 valence electrons. The average Bonchev–Trinajstić information content (AvgIpc) is 3.38. The summed E-state index contributed by atoms with van der Waals surface area (Å²) in [4.78, 5) is 38.2. The van der Waals surface area contributed by atoms with Crippen molar-refractivity contribution in [1.82, 2.24) is 0 Å². The first-order valence-corrected chi connectivity index (χ1v) is 30.2. The second kappa shape index (κ2) is 59.9. The maximum absolute atomic E-state index is 12.9. The van der Waals surface area contributed by atoms with E-state index in [1.165, 1.54) is 148 Å². The number of hydrogen-bond donors (Lipinski definition) is 0. The van der Waals surface area contributed by atoms with Gasteiger partial charge in [0.15, 0.2) is 6.10 Å². The fourth-order valence-electron chi connectivity index (χ4n) is 8.35. The number of esters is 3. The van der Waals surface area contributed by atoms with Gasteiger partial charge in [0.1, 0.15) is 13.2 Å². The number of carbonyl (C=O) groups is 3. The van der Waals surface area contributed by atoms with Gasteiger partial charge in [-0.1, -0.05) is 279 Å². The predicted octanol–water partition coefficient (Wildman–Crippen LogP) is 20.5. The molecule has 0 aromatic carbocycles. The van der Waals surface area contributed by atoms with Crippen LogP contribution in [0.4, 0.5) is 0 Å². The van der Waals surface area contributed by atoms with Crippen LogP contribution in [0.15, 0.2) is 97.2 Å².